The van der Waals surface area contributed by atoms with Crippen LogP contribution in [0.2, 0.25) is 5.02 Å². The van der Waals surface area contributed by atoms with Gasteiger partial charge in [-0.1, -0.05) is 23.7 Å². The van der Waals surface area contributed by atoms with Crippen molar-refractivity contribution in [2.75, 3.05) is 38.2 Å². The number of hydrogen-bond donors (Lipinski definition) is 1. The maximum absolute atomic E-state index is 12.2. The summed E-state index contributed by atoms with van der Waals surface area (Å²) >= 11 is 5.95. The Balaban J connectivity index is 1.41. The molecule has 2 aromatic carbocycles. The highest BCUT2D eigenvalue weighted by Crippen LogP contribution is 2.22. The zero-order valence-corrected chi connectivity index (χ0v) is 17.0. The van der Waals surface area contributed by atoms with Gasteiger partial charge in [-0.2, -0.15) is 0 Å². The van der Waals surface area contributed by atoms with Gasteiger partial charge in [-0.15, -0.1) is 0 Å². The fourth-order valence-electron chi connectivity index (χ4n) is 3.18. The highest BCUT2D eigenvalue weighted by Gasteiger charge is 2.11. The van der Waals surface area contributed by atoms with Gasteiger partial charge in [0.2, 0.25) is 5.91 Å². The number of rotatable bonds is 8. The van der Waals surface area contributed by atoms with Crippen LogP contribution in [0.4, 0.5) is 5.69 Å². The smallest absolute Gasteiger partial charge is 0.224 e. The molecule has 28 heavy (non-hydrogen) atoms. The zero-order valence-electron chi connectivity index (χ0n) is 16.2. The fraction of sp³-hybridized carbons (Fsp3) is 0.409. The van der Waals surface area contributed by atoms with E-state index in [0.717, 1.165) is 49.8 Å². The molecule has 1 N–H and O–H groups in total. The summed E-state index contributed by atoms with van der Waals surface area (Å²) in [6.07, 6.45) is 1.07. The standard InChI is InChI=1S/C22H27ClN2O3/c1-17-14-19(23)7-8-21(17)28-11-3-6-22(26)24-20-5-2-4-18(15-20)16-25-9-12-27-13-10-25/h2,4-5,7-8,14-15H,3,6,9-13,16H2,1H3,(H,24,26). The van der Waals surface area contributed by atoms with Gasteiger partial charge in [0.25, 0.3) is 0 Å². The minimum Gasteiger partial charge on any atom is -0.493 e. The van der Waals surface area contributed by atoms with Crippen molar-refractivity contribution in [3.05, 3.63) is 58.6 Å². The first-order valence-electron chi connectivity index (χ1n) is 9.68. The molecule has 1 saturated heterocycles. The number of benzene rings is 2. The Bertz CT molecular complexity index is 791. The summed E-state index contributed by atoms with van der Waals surface area (Å²) in [4.78, 5) is 14.6. The molecule has 0 aliphatic carbocycles. The molecular formula is C22H27ClN2O3. The largest absolute Gasteiger partial charge is 0.493 e. The third-order valence-corrected chi connectivity index (χ3v) is 4.90. The predicted octanol–water partition coefficient (Wildman–Crippen LogP) is 4.28. The van der Waals surface area contributed by atoms with Crippen LogP contribution in [-0.2, 0) is 16.1 Å². The van der Waals surface area contributed by atoms with E-state index in [1.165, 1.54) is 5.56 Å². The Morgan fingerprint density at radius 3 is 2.82 bits per heavy atom. The lowest BCUT2D eigenvalue weighted by Gasteiger charge is -2.26. The molecule has 1 fully saturated rings. The van der Waals surface area contributed by atoms with Gasteiger partial charge in [-0.25, -0.2) is 0 Å². The number of halogens is 1. The lowest BCUT2D eigenvalue weighted by molar-refractivity contribution is -0.116. The molecule has 5 nitrogen and oxygen atoms in total. The van der Waals surface area contributed by atoms with Crippen LogP contribution in [-0.4, -0.2) is 43.7 Å². The Morgan fingerprint density at radius 2 is 2.04 bits per heavy atom. The number of carbonyl (C=O) groups excluding carboxylic acids is 1. The van der Waals surface area contributed by atoms with E-state index in [4.69, 9.17) is 21.1 Å². The molecule has 0 bridgehead atoms. The molecule has 2 aromatic rings. The third-order valence-electron chi connectivity index (χ3n) is 4.66. The molecule has 6 heteroatoms. The monoisotopic (exact) mass is 402 g/mol. The molecule has 1 heterocycles. The molecule has 0 spiro atoms. The lowest BCUT2D eigenvalue weighted by Crippen LogP contribution is -2.35. The second-order valence-electron chi connectivity index (χ2n) is 7.00. The van der Waals surface area contributed by atoms with Gasteiger partial charge in [0, 0.05) is 36.8 Å². The number of carbonyl (C=O) groups is 1. The van der Waals surface area contributed by atoms with Crippen molar-refractivity contribution in [3.63, 3.8) is 0 Å². The maximum atomic E-state index is 12.2. The topological polar surface area (TPSA) is 50.8 Å². The minimum atomic E-state index is -0.0000458. The van der Waals surface area contributed by atoms with Crippen molar-refractivity contribution < 1.29 is 14.3 Å². The summed E-state index contributed by atoms with van der Waals surface area (Å²) < 4.78 is 11.1. The fourth-order valence-corrected chi connectivity index (χ4v) is 3.40. The zero-order chi connectivity index (χ0) is 19.8. The first kappa shape index (κ1) is 20.6. The van der Waals surface area contributed by atoms with Crippen molar-refractivity contribution in [2.45, 2.75) is 26.3 Å². The van der Waals surface area contributed by atoms with Crippen LogP contribution in [0.3, 0.4) is 0 Å². The van der Waals surface area contributed by atoms with E-state index in [-0.39, 0.29) is 5.91 Å². The second-order valence-corrected chi connectivity index (χ2v) is 7.44. The number of hydrogen-bond acceptors (Lipinski definition) is 4. The number of aryl methyl sites for hydroxylation is 1. The third kappa shape index (κ3) is 6.51. The van der Waals surface area contributed by atoms with Gasteiger partial charge >= 0.3 is 0 Å². The van der Waals surface area contributed by atoms with E-state index >= 15 is 0 Å². The number of nitrogens with zero attached hydrogens (tertiary/aromatic N) is 1. The summed E-state index contributed by atoms with van der Waals surface area (Å²) in [5, 5.41) is 3.68. The van der Waals surface area contributed by atoms with Gasteiger partial charge in [0.05, 0.1) is 19.8 Å². The van der Waals surface area contributed by atoms with Gasteiger partial charge in [0.1, 0.15) is 5.75 Å². The van der Waals surface area contributed by atoms with Crippen LogP contribution in [0.1, 0.15) is 24.0 Å². The number of anilines is 1. The van der Waals surface area contributed by atoms with E-state index in [9.17, 15) is 4.79 Å². The SMILES string of the molecule is Cc1cc(Cl)ccc1OCCCC(=O)Nc1cccc(CN2CCOCC2)c1. The molecule has 0 saturated carbocycles. The van der Waals surface area contributed by atoms with Gasteiger partial charge in [-0.3, -0.25) is 9.69 Å². The van der Waals surface area contributed by atoms with E-state index in [1.54, 1.807) is 6.07 Å². The van der Waals surface area contributed by atoms with Crippen LogP contribution in [0.25, 0.3) is 0 Å². The molecule has 150 valence electrons. The van der Waals surface area contributed by atoms with Crippen molar-refractivity contribution >= 4 is 23.2 Å². The van der Waals surface area contributed by atoms with Gasteiger partial charge in [-0.05, 0) is 54.8 Å². The van der Waals surface area contributed by atoms with Crippen molar-refractivity contribution in [3.8, 4) is 5.75 Å². The average Bonchev–Trinajstić information content (AvgIpc) is 2.68. The molecular weight excluding hydrogens is 376 g/mol. The van der Waals surface area contributed by atoms with Gasteiger partial charge in [0.15, 0.2) is 0 Å². The molecule has 0 aromatic heterocycles. The van der Waals surface area contributed by atoms with E-state index in [2.05, 4.69) is 16.3 Å². The number of ether oxygens (including phenoxy) is 2. The Morgan fingerprint density at radius 1 is 1.21 bits per heavy atom. The van der Waals surface area contributed by atoms with Gasteiger partial charge < -0.3 is 14.8 Å². The normalized spacial score (nSPS) is 14.6. The first-order valence-corrected chi connectivity index (χ1v) is 10.1. The van der Waals surface area contributed by atoms with E-state index in [0.29, 0.717) is 24.5 Å². The van der Waals surface area contributed by atoms with E-state index < -0.39 is 0 Å². The van der Waals surface area contributed by atoms with Crippen LogP contribution < -0.4 is 10.1 Å². The van der Waals surface area contributed by atoms with Crippen molar-refractivity contribution in [1.82, 2.24) is 4.90 Å². The average molecular weight is 403 g/mol. The highest BCUT2D eigenvalue weighted by molar-refractivity contribution is 6.30. The number of morpholine rings is 1. The molecule has 0 unspecified atom stereocenters. The Hall–Kier alpha value is -2.08. The predicted molar refractivity (Wildman–Crippen MR) is 112 cm³/mol. The number of amides is 1. The van der Waals surface area contributed by atoms with E-state index in [1.807, 2.05) is 37.3 Å². The first-order chi connectivity index (χ1) is 13.6. The molecule has 0 radical (unpaired) electrons. The van der Waals surface area contributed by atoms with Crippen molar-refractivity contribution in [2.24, 2.45) is 0 Å². The molecule has 0 atom stereocenters. The molecule has 3 rings (SSSR count). The minimum absolute atomic E-state index is 0.0000458. The van der Waals surface area contributed by atoms with Crippen LogP contribution in [0, 0.1) is 6.92 Å². The lowest BCUT2D eigenvalue weighted by atomic mass is 10.1. The molecule has 1 amide bonds. The summed E-state index contributed by atoms with van der Waals surface area (Å²) in [6.45, 7) is 6.79. The van der Waals surface area contributed by atoms with Crippen LogP contribution in [0.5, 0.6) is 5.75 Å². The second kappa shape index (κ2) is 10.5. The molecule has 1 aliphatic rings. The summed E-state index contributed by atoms with van der Waals surface area (Å²) in [5.74, 6) is 0.806. The van der Waals surface area contributed by atoms with Crippen molar-refractivity contribution in [1.29, 1.82) is 0 Å². The quantitative estimate of drug-likeness (QED) is 0.669. The summed E-state index contributed by atoms with van der Waals surface area (Å²) in [6, 6.07) is 13.6. The summed E-state index contributed by atoms with van der Waals surface area (Å²) in [5.41, 5.74) is 3.03. The maximum Gasteiger partial charge on any atom is 0.224 e. The Kier molecular flexibility index (Phi) is 7.71. The highest BCUT2D eigenvalue weighted by atomic mass is 35.5. The van der Waals surface area contributed by atoms with Crippen LogP contribution in [0.15, 0.2) is 42.5 Å². The molecule has 1 aliphatic heterocycles. The van der Waals surface area contributed by atoms with Crippen LogP contribution >= 0.6 is 11.6 Å². The number of nitrogens with one attached hydrogen (secondary N) is 1. The summed E-state index contributed by atoms with van der Waals surface area (Å²) in [7, 11) is 0. The Labute approximate surface area is 171 Å².